The van der Waals surface area contributed by atoms with Crippen LogP contribution in [0.25, 0.3) is 0 Å². The zero-order chi connectivity index (χ0) is 15.6. The first-order chi connectivity index (χ1) is 9.28. The Kier molecular flexibility index (Phi) is 13.7. The zero-order valence-corrected chi connectivity index (χ0v) is 15.6. The van der Waals surface area contributed by atoms with Crippen molar-refractivity contribution in [1.82, 2.24) is 0 Å². The van der Waals surface area contributed by atoms with Crippen molar-refractivity contribution >= 4 is 22.3 Å². The van der Waals surface area contributed by atoms with Crippen LogP contribution in [0.5, 0.6) is 0 Å². The summed E-state index contributed by atoms with van der Waals surface area (Å²) in [6.45, 7) is 4.36. The van der Waals surface area contributed by atoms with E-state index >= 15 is 0 Å². The Morgan fingerprint density at radius 1 is 1.14 bits per heavy atom. The van der Waals surface area contributed by atoms with Crippen molar-refractivity contribution in [3.8, 4) is 0 Å². The molecule has 0 radical (unpaired) electrons. The zero-order valence-electron chi connectivity index (χ0n) is 12.8. The van der Waals surface area contributed by atoms with Gasteiger partial charge in [0, 0.05) is 0 Å². The Bertz CT molecular complexity index is 408. The van der Waals surface area contributed by atoms with Crippen LogP contribution in [-0.2, 0) is 28.9 Å². The summed E-state index contributed by atoms with van der Waals surface area (Å²) in [7, 11) is -5.06. The predicted molar refractivity (Wildman–Crippen MR) is 69.3 cm³/mol. The van der Waals surface area contributed by atoms with Gasteiger partial charge in [-0.3, -0.25) is 9.59 Å². The van der Waals surface area contributed by atoms with E-state index in [1.807, 2.05) is 6.92 Å². The van der Waals surface area contributed by atoms with Gasteiger partial charge in [-0.15, -0.1) is 0 Å². The third-order valence-corrected chi connectivity index (χ3v) is 3.14. The fourth-order valence-corrected chi connectivity index (χ4v) is 1.85. The van der Waals surface area contributed by atoms with Gasteiger partial charge in [0.2, 0.25) is 0 Å². The smallest absolute Gasteiger partial charge is 0.716 e. The van der Waals surface area contributed by atoms with Crippen LogP contribution in [0, 0.1) is 5.92 Å². The number of unbranched alkanes of at least 4 members (excludes halogenated alkanes) is 1. The molecule has 0 saturated heterocycles. The van der Waals surface area contributed by atoms with E-state index in [1.54, 1.807) is 0 Å². The minimum Gasteiger partial charge on any atom is -0.716 e. The van der Waals surface area contributed by atoms with Gasteiger partial charge in [-0.25, -0.2) is 8.42 Å². The molecule has 0 saturated carbocycles. The van der Waals surface area contributed by atoms with Gasteiger partial charge in [-0.1, -0.05) is 33.1 Å². The first-order valence-electron chi connectivity index (χ1n) is 6.62. The Hall–Kier alpha value is -0.150. The molecular weight excluding hydrogens is 311 g/mol. The molecular formula is C12H21NaO7S. The van der Waals surface area contributed by atoms with Gasteiger partial charge in [0.1, 0.15) is 0 Å². The summed E-state index contributed by atoms with van der Waals surface area (Å²) in [5.41, 5.74) is 0. The van der Waals surface area contributed by atoms with E-state index in [-0.39, 0.29) is 48.5 Å². The van der Waals surface area contributed by atoms with Crippen molar-refractivity contribution in [2.45, 2.75) is 52.4 Å². The van der Waals surface area contributed by atoms with Crippen molar-refractivity contribution in [2.75, 3.05) is 6.61 Å². The van der Waals surface area contributed by atoms with E-state index < -0.39 is 28.8 Å². The number of ether oxygens (including phenoxy) is 1. The molecule has 0 aliphatic rings. The monoisotopic (exact) mass is 332 g/mol. The maximum absolute atomic E-state index is 11.3. The van der Waals surface area contributed by atoms with Gasteiger partial charge in [0.15, 0.2) is 0 Å². The second-order valence-corrected chi connectivity index (χ2v) is 5.45. The molecule has 9 heteroatoms. The third kappa shape index (κ3) is 14.5. The summed E-state index contributed by atoms with van der Waals surface area (Å²) in [6.07, 6.45) is 3.19. The minimum absolute atomic E-state index is 0. The quantitative estimate of drug-likeness (QED) is 0.208. The van der Waals surface area contributed by atoms with E-state index in [0.717, 1.165) is 25.7 Å². The fraction of sp³-hybridized carbons (Fsp3) is 0.833. The van der Waals surface area contributed by atoms with Gasteiger partial charge >= 0.3 is 41.5 Å². The first-order valence-corrected chi connectivity index (χ1v) is 7.95. The predicted octanol–water partition coefficient (Wildman–Crippen LogP) is -1.47. The topological polar surface area (TPSA) is 110 Å². The molecule has 0 bridgehead atoms. The van der Waals surface area contributed by atoms with Gasteiger partial charge in [0.25, 0.3) is 10.4 Å². The van der Waals surface area contributed by atoms with Gasteiger partial charge < -0.3 is 13.5 Å². The summed E-state index contributed by atoms with van der Waals surface area (Å²) in [6, 6.07) is 0. The number of hydrogen-bond acceptors (Lipinski definition) is 7. The Labute approximate surface area is 148 Å². The molecule has 1 unspecified atom stereocenters. The number of esters is 1. The minimum atomic E-state index is -5.06. The molecule has 118 valence electrons. The maximum atomic E-state index is 11.3. The second kappa shape index (κ2) is 12.4. The van der Waals surface area contributed by atoms with E-state index in [0.29, 0.717) is 0 Å². The standard InChI is InChI=1S/C12H22O7S.Na/c1-3-5-6-10(4-2)9-18-11(13)7-8-12(14)19-20(15,16)17;/h10H,3-9H2,1-2H3,(H,15,16,17);/q;+1/p-1. The van der Waals surface area contributed by atoms with Crippen molar-refractivity contribution in [1.29, 1.82) is 0 Å². The van der Waals surface area contributed by atoms with E-state index in [9.17, 15) is 22.6 Å². The van der Waals surface area contributed by atoms with Crippen molar-refractivity contribution in [3.05, 3.63) is 0 Å². The summed E-state index contributed by atoms with van der Waals surface area (Å²) in [5, 5.41) is 0. The number of hydrogen-bond donors (Lipinski definition) is 0. The maximum Gasteiger partial charge on any atom is 1.00 e. The number of carbonyl (C=O) groups excluding carboxylic acids is 2. The van der Waals surface area contributed by atoms with Gasteiger partial charge in [-0.05, 0) is 12.3 Å². The normalized spacial score (nSPS) is 12.1. The summed E-state index contributed by atoms with van der Waals surface area (Å²) < 4.78 is 38.9. The SMILES string of the molecule is CCCCC(CC)COC(=O)CCC(=O)OS(=O)(=O)[O-].[Na+]. The molecule has 0 aromatic rings. The van der Waals surface area contributed by atoms with Gasteiger partial charge in [-0.2, -0.15) is 0 Å². The summed E-state index contributed by atoms with van der Waals surface area (Å²) in [5.74, 6) is -1.58. The van der Waals surface area contributed by atoms with Crippen LogP contribution in [-0.4, -0.2) is 31.5 Å². The molecule has 0 amide bonds. The van der Waals surface area contributed by atoms with Crippen LogP contribution in [0.1, 0.15) is 52.4 Å². The number of rotatable bonds is 10. The molecule has 0 aliphatic carbocycles. The average Bonchev–Trinajstić information content (AvgIpc) is 2.34. The molecule has 0 aromatic carbocycles. The van der Waals surface area contributed by atoms with Crippen LogP contribution in [0.2, 0.25) is 0 Å². The average molecular weight is 332 g/mol. The molecule has 0 fully saturated rings. The van der Waals surface area contributed by atoms with E-state index in [1.165, 1.54) is 0 Å². The van der Waals surface area contributed by atoms with Crippen molar-refractivity contribution < 1.29 is 61.0 Å². The first kappa shape index (κ1) is 23.1. The molecule has 0 aromatic heterocycles. The Morgan fingerprint density at radius 3 is 2.19 bits per heavy atom. The number of carbonyl (C=O) groups is 2. The third-order valence-electron chi connectivity index (χ3n) is 2.75. The van der Waals surface area contributed by atoms with E-state index in [2.05, 4.69) is 11.1 Å². The molecule has 7 nitrogen and oxygen atoms in total. The molecule has 0 spiro atoms. The van der Waals surface area contributed by atoms with Crippen LogP contribution in [0.15, 0.2) is 0 Å². The van der Waals surface area contributed by atoms with Crippen molar-refractivity contribution in [2.24, 2.45) is 5.92 Å². The summed E-state index contributed by atoms with van der Waals surface area (Å²) in [4.78, 5) is 22.2. The Morgan fingerprint density at radius 2 is 1.71 bits per heavy atom. The van der Waals surface area contributed by atoms with Crippen molar-refractivity contribution in [3.63, 3.8) is 0 Å². The molecule has 0 N–H and O–H groups in total. The van der Waals surface area contributed by atoms with Gasteiger partial charge in [0.05, 0.1) is 19.4 Å². The van der Waals surface area contributed by atoms with Crippen LogP contribution in [0.4, 0.5) is 0 Å². The molecule has 0 aliphatic heterocycles. The fourth-order valence-electron chi connectivity index (χ4n) is 1.54. The second-order valence-electron chi connectivity index (χ2n) is 4.46. The molecule has 0 heterocycles. The van der Waals surface area contributed by atoms with E-state index in [4.69, 9.17) is 4.74 Å². The molecule has 1 atom stereocenters. The van der Waals surface area contributed by atoms with Crippen LogP contribution in [0.3, 0.4) is 0 Å². The molecule has 0 rings (SSSR count). The van der Waals surface area contributed by atoms with Crippen LogP contribution < -0.4 is 29.6 Å². The Balaban J connectivity index is 0. The molecule has 21 heavy (non-hydrogen) atoms. The summed E-state index contributed by atoms with van der Waals surface area (Å²) >= 11 is 0. The largest absolute Gasteiger partial charge is 1.00 e. The van der Waals surface area contributed by atoms with Crippen LogP contribution >= 0.6 is 0 Å².